The molecule has 1 aromatic rings. The van der Waals surface area contributed by atoms with Crippen LogP contribution >= 0.6 is 11.8 Å². The summed E-state index contributed by atoms with van der Waals surface area (Å²) in [5.74, 6) is 0.980. The Kier molecular flexibility index (Phi) is 5.54. The van der Waals surface area contributed by atoms with Gasteiger partial charge >= 0.3 is 5.51 Å². The second kappa shape index (κ2) is 6.51. The summed E-state index contributed by atoms with van der Waals surface area (Å²) in [6.45, 7) is 0.687. The minimum atomic E-state index is -5.26. The van der Waals surface area contributed by atoms with Crippen LogP contribution in [0.15, 0.2) is 29.2 Å². The van der Waals surface area contributed by atoms with E-state index in [0.717, 1.165) is 24.3 Å². The van der Waals surface area contributed by atoms with Gasteiger partial charge in [0, 0.05) is 12.2 Å². The molecule has 1 aromatic carbocycles. The van der Waals surface area contributed by atoms with E-state index >= 15 is 0 Å². The first-order valence-corrected chi connectivity index (χ1v) is 8.31. The molecule has 0 aliphatic rings. The normalized spacial score (nSPS) is 12.4. The molecule has 0 aliphatic heterocycles. The summed E-state index contributed by atoms with van der Waals surface area (Å²) in [5, 5.41) is 3.01. The van der Waals surface area contributed by atoms with E-state index in [4.69, 9.17) is 0 Å². The van der Waals surface area contributed by atoms with Gasteiger partial charge in [0.05, 0.1) is 4.90 Å². The summed E-state index contributed by atoms with van der Waals surface area (Å²) in [6.07, 6.45) is 2.90. The maximum absolute atomic E-state index is 12.3. The Hall–Kier alpha value is -0.890. The highest BCUT2D eigenvalue weighted by Crippen LogP contribution is 2.30. The van der Waals surface area contributed by atoms with E-state index in [1.807, 2.05) is 6.26 Å². The summed E-state index contributed by atoms with van der Waals surface area (Å²) in [5.41, 5.74) is -4.66. The summed E-state index contributed by atoms with van der Waals surface area (Å²) in [4.78, 5) is -0.741. The van der Waals surface area contributed by atoms with Gasteiger partial charge in [0.2, 0.25) is 0 Å². The number of nitrogens with one attached hydrogen (secondary N) is 1. The summed E-state index contributed by atoms with van der Waals surface area (Å²) in [6, 6.07) is 4.58. The first-order valence-electron chi connectivity index (χ1n) is 5.43. The van der Waals surface area contributed by atoms with Gasteiger partial charge in [-0.05, 0) is 42.7 Å². The molecule has 19 heavy (non-hydrogen) atoms. The number of benzene rings is 1. The molecular weight excluding hydrogens is 299 g/mol. The van der Waals surface area contributed by atoms with Gasteiger partial charge in [-0.3, -0.25) is 0 Å². The van der Waals surface area contributed by atoms with Gasteiger partial charge in [0.1, 0.15) is 0 Å². The zero-order valence-electron chi connectivity index (χ0n) is 10.2. The van der Waals surface area contributed by atoms with Crippen LogP contribution in [-0.2, 0) is 9.84 Å². The van der Waals surface area contributed by atoms with Crippen LogP contribution in [0.3, 0.4) is 0 Å². The Morgan fingerprint density at radius 2 is 1.79 bits per heavy atom. The molecule has 0 bridgehead atoms. The average Bonchev–Trinajstić information content (AvgIpc) is 2.34. The van der Waals surface area contributed by atoms with Crippen LogP contribution in [0.2, 0.25) is 0 Å². The highest BCUT2D eigenvalue weighted by molar-refractivity contribution is 7.98. The topological polar surface area (TPSA) is 46.2 Å². The van der Waals surface area contributed by atoms with Crippen molar-refractivity contribution >= 4 is 27.3 Å². The van der Waals surface area contributed by atoms with E-state index in [1.54, 1.807) is 11.8 Å². The number of rotatable bonds is 6. The van der Waals surface area contributed by atoms with Crippen LogP contribution in [-0.4, -0.2) is 32.5 Å². The van der Waals surface area contributed by atoms with E-state index in [-0.39, 0.29) is 0 Å². The standard InChI is InChI=1S/C11H14F3NO2S2/c1-18-8-2-7-15-9-3-5-10(6-4-9)19(16,17)11(12,13)14/h3-6,15H,2,7-8H2,1H3. The second-order valence-electron chi connectivity index (χ2n) is 3.75. The van der Waals surface area contributed by atoms with Crippen molar-refractivity contribution in [3.63, 3.8) is 0 Å². The molecule has 0 aliphatic carbocycles. The monoisotopic (exact) mass is 313 g/mol. The number of hydrogen-bond donors (Lipinski definition) is 1. The fraction of sp³-hybridized carbons (Fsp3) is 0.455. The SMILES string of the molecule is CSCCCNc1ccc(S(=O)(=O)C(F)(F)F)cc1. The number of sulfone groups is 1. The van der Waals surface area contributed by atoms with Crippen molar-refractivity contribution in [3.05, 3.63) is 24.3 Å². The van der Waals surface area contributed by atoms with Crippen LogP contribution in [0.4, 0.5) is 18.9 Å². The quantitative estimate of drug-likeness (QED) is 0.820. The smallest absolute Gasteiger partial charge is 0.385 e. The van der Waals surface area contributed by atoms with Crippen molar-refractivity contribution in [2.24, 2.45) is 0 Å². The van der Waals surface area contributed by atoms with Crippen molar-refractivity contribution in [3.8, 4) is 0 Å². The second-order valence-corrected chi connectivity index (χ2v) is 6.67. The first-order chi connectivity index (χ1) is 8.79. The molecule has 0 aromatic heterocycles. The Morgan fingerprint density at radius 1 is 1.21 bits per heavy atom. The Balaban J connectivity index is 2.72. The molecule has 0 radical (unpaired) electrons. The third kappa shape index (κ3) is 4.31. The van der Waals surface area contributed by atoms with E-state index in [2.05, 4.69) is 5.32 Å². The average molecular weight is 313 g/mol. The van der Waals surface area contributed by atoms with Crippen molar-refractivity contribution in [2.75, 3.05) is 23.9 Å². The van der Waals surface area contributed by atoms with E-state index < -0.39 is 20.2 Å². The van der Waals surface area contributed by atoms with E-state index in [1.165, 1.54) is 12.1 Å². The maximum atomic E-state index is 12.3. The lowest BCUT2D eigenvalue weighted by molar-refractivity contribution is -0.0436. The number of alkyl halides is 3. The molecule has 1 N–H and O–H groups in total. The molecule has 108 valence electrons. The number of anilines is 1. The highest BCUT2D eigenvalue weighted by atomic mass is 32.2. The van der Waals surface area contributed by atoms with Crippen LogP contribution < -0.4 is 5.32 Å². The molecule has 0 spiro atoms. The number of hydrogen-bond acceptors (Lipinski definition) is 4. The van der Waals surface area contributed by atoms with Gasteiger partial charge < -0.3 is 5.32 Å². The van der Waals surface area contributed by atoms with Crippen molar-refractivity contribution in [2.45, 2.75) is 16.8 Å². The Labute approximate surface area is 114 Å². The summed E-state index contributed by atoms with van der Waals surface area (Å²) < 4.78 is 59.1. The molecule has 0 atom stereocenters. The van der Waals surface area contributed by atoms with Crippen LogP contribution in [0, 0.1) is 0 Å². The zero-order valence-corrected chi connectivity index (χ0v) is 11.8. The largest absolute Gasteiger partial charge is 0.501 e. The lowest BCUT2D eigenvalue weighted by atomic mass is 10.3. The number of halogens is 3. The van der Waals surface area contributed by atoms with Crippen LogP contribution in [0.25, 0.3) is 0 Å². The van der Waals surface area contributed by atoms with Gasteiger partial charge in [0.25, 0.3) is 9.84 Å². The Morgan fingerprint density at radius 3 is 2.26 bits per heavy atom. The molecular formula is C11H14F3NO2S2. The molecule has 0 saturated heterocycles. The van der Waals surface area contributed by atoms with Crippen molar-refractivity contribution in [1.82, 2.24) is 0 Å². The fourth-order valence-corrected chi connectivity index (χ4v) is 2.53. The van der Waals surface area contributed by atoms with Gasteiger partial charge in [0.15, 0.2) is 0 Å². The Bertz CT molecular complexity index is 498. The first kappa shape index (κ1) is 16.2. The maximum Gasteiger partial charge on any atom is 0.501 e. The molecule has 0 unspecified atom stereocenters. The number of thioether (sulfide) groups is 1. The molecule has 0 heterocycles. The van der Waals surface area contributed by atoms with Gasteiger partial charge in [-0.2, -0.15) is 24.9 Å². The molecule has 0 saturated carbocycles. The third-order valence-electron chi connectivity index (χ3n) is 2.32. The minimum absolute atomic E-state index is 0.599. The van der Waals surface area contributed by atoms with E-state index in [9.17, 15) is 21.6 Å². The molecule has 0 amide bonds. The minimum Gasteiger partial charge on any atom is -0.385 e. The summed E-state index contributed by atoms with van der Waals surface area (Å²) in [7, 11) is -5.25. The zero-order chi connectivity index (χ0) is 14.5. The van der Waals surface area contributed by atoms with Crippen LogP contribution in [0.5, 0.6) is 0 Å². The fourth-order valence-electron chi connectivity index (χ4n) is 1.33. The van der Waals surface area contributed by atoms with Gasteiger partial charge in [-0.25, -0.2) is 8.42 Å². The predicted octanol–water partition coefficient (Wildman–Crippen LogP) is 3.15. The molecule has 1 rings (SSSR count). The predicted molar refractivity (Wildman–Crippen MR) is 71.2 cm³/mol. The molecule has 0 fully saturated rings. The highest BCUT2D eigenvalue weighted by Gasteiger charge is 2.46. The molecule has 3 nitrogen and oxygen atoms in total. The molecule has 8 heteroatoms. The summed E-state index contributed by atoms with van der Waals surface area (Å²) >= 11 is 1.70. The van der Waals surface area contributed by atoms with Gasteiger partial charge in [-0.15, -0.1) is 0 Å². The van der Waals surface area contributed by atoms with Crippen molar-refractivity contribution in [1.29, 1.82) is 0 Å². The van der Waals surface area contributed by atoms with Crippen LogP contribution in [0.1, 0.15) is 6.42 Å². The van der Waals surface area contributed by atoms with E-state index in [0.29, 0.717) is 12.2 Å². The van der Waals surface area contributed by atoms with Gasteiger partial charge in [-0.1, -0.05) is 0 Å². The third-order valence-corrected chi connectivity index (χ3v) is 4.52. The van der Waals surface area contributed by atoms with Crippen molar-refractivity contribution < 1.29 is 21.6 Å². The lowest BCUT2D eigenvalue weighted by Gasteiger charge is -2.09. The lowest BCUT2D eigenvalue weighted by Crippen LogP contribution is -2.23.